The highest BCUT2D eigenvalue weighted by atomic mass is 32.1. The maximum absolute atomic E-state index is 13.9. The Hall–Kier alpha value is -3.04. The number of piperazine rings is 1. The fourth-order valence-electron chi connectivity index (χ4n) is 3.48. The number of carboxylic acid groups (broad SMARTS) is 2. The third-order valence-electron chi connectivity index (χ3n) is 4.79. The molecule has 1 aromatic heterocycles. The van der Waals surface area contributed by atoms with Crippen LogP contribution >= 0.6 is 11.3 Å². The molecule has 0 aliphatic carbocycles. The van der Waals surface area contributed by atoms with Crippen molar-refractivity contribution < 1.29 is 24.2 Å². The third-order valence-corrected chi connectivity index (χ3v) is 5.67. The summed E-state index contributed by atoms with van der Waals surface area (Å²) in [5.41, 5.74) is 3.04. The molecular formula is C21H22FN3O4S. The van der Waals surface area contributed by atoms with E-state index in [0.29, 0.717) is 18.2 Å². The highest BCUT2D eigenvalue weighted by molar-refractivity contribution is 7.12. The van der Waals surface area contributed by atoms with Crippen molar-refractivity contribution in [3.63, 3.8) is 0 Å². The molecule has 1 fully saturated rings. The van der Waals surface area contributed by atoms with Crippen LogP contribution in [0.5, 0.6) is 0 Å². The first-order valence-electron chi connectivity index (χ1n) is 9.32. The van der Waals surface area contributed by atoms with Crippen LogP contribution in [-0.4, -0.2) is 72.0 Å². The number of likely N-dealkylation sites (N-methyl/N-ethyl adjacent to an activating group) is 1. The van der Waals surface area contributed by atoms with Crippen molar-refractivity contribution >= 4 is 34.7 Å². The van der Waals surface area contributed by atoms with Gasteiger partial charge >= 0.3 is 11.9 Å². The van der Waals surface area contributed by atoms with E-state index in [1.54, 1.807) is 23.5 Å². The molecule has 0 bridgehead atoms. The number of carboxylic acids is 2. The van der Waals surface area contributed by atoms with Crippen molar-refractivity contribution in [1.82, 2.24) is 4.90 Å². The van der Waals surface area contributed by atoms with E-state index in [-0.39, 0.29) is 5.82 Å². The fourth-order valence-corrected chi connectivity index (χ4v) is 4.22. The smallest absolute Gasteiger partial charge is 0.328 e. The number of aliphatic carboxylic acids is 2. The largest absolute Gasteiger partial charge is 0.478 e. The van der Waals surface area contributed by atoms with Gasteiger partial charge in [-0.25, -0.2) is 14.0 Å². The Bertz CT molecular complexity index is 959. The second-order valence-electron chi connectivity index (χ2n) is 6.95. The molecule has 2 aliphatic heterocycles. The standard InChI is InChI=1S/C17H18FN3S.C4H4O4/c1-20-6-7-21-13(11-20)10-19-17(16-3-2-8-22-16)14-5-4-12(18)9-15(14)21;5-3(6)1-2-4(7)8/h2-5,8-9,13H,6-7,10-11H2,1H3;1-2H,(H,5,6)(H,7,8)/b;2-1-. The lowest BCUT2D eigenvalue weighted by atomic mass is 10.0. The van der Waals surface area contributed by atoms with Gasteiger partial charge in [-0.05, 0) is 36.7 Å². The van der Waals surface area contributed by atoms with Gasteiger partial charge in [0.15, 0.2) is 0 Å². The van der Waals surface area contributed by atoms with Crippen molar-refractivity contribution in [2.75, 3.05) is 38.1 Å². The first-order valence-corrected chi connectivity index (χ1v) is 10.2. The summed E-state index contributed by atoms with van der Waals surface area (Å²) in [4.78, 5) is 29.8. The molecule has 9 heteroatoms. The van der Waals surface area contributed by atoms with E-state index in [1.165, 1.54) is 0 Å². The normalized spacial score (nSPS) is 18.5. The van der Waals surface area contributed by atoms with Crippen LogP contribution < -0.4 is 4.90 Å². The van der Waals surface area contributed by atoms with Crippen LogP contribution in [0.3, 0.4) is 0 Å². The minimum atomic E-state index is -1.26. The second kappa shape index (κ2) is 9.64. The van der Waals surface area contributed by atoms with Crippen molar-refractivity contribution in [2.24, 2.45) is 4.99 Å². The summed E-state index contributed by atoms with van der Waals surface area (Å²) >= 11 is 1.69. The lowest BCUT2D eigenvalue weighted by Crippen LogP contribution is -2.53. The van der Waals surface area contributed by atoms with Crippen molar-refractivity contribution in [3.8, 4) is 0 Å². The molecule has 4 rings (SSSR count). The average Bonchev–Trinajstić information content (AvgIpc) is 3.18. The Morgan fingerprint density at radius 1 is 1.20 bits per heavy atom. The summed E-state index contributed by atoms with van der Waals surface area (Å²) < 4.78 is 13.9. The zero-order valence-electron chi connectivity index (χ0n) is 16.4. The number of thiophene rings is 1. The predicted molar refractivity (Wildman–Crippen MR) is 114 cm³/mol. The van der Waals surface area contributed by atoms with E-state index in [9.17, 15) is 14.0 Å². The Balaban J connectivity index is 0.000000275. The molecule has 2 aliphatic rings. The highest BCUT2D eigenvalue weighted by Gasteiger charge is 2.30. The van der Waals surface area contributed by atoms with E-state index >= 15 is 0 Å². The zero-order chi connectivity index (χ0) is 21.7. The lowest BCUT2D eigenvalue weighted by Gasteiger charge is -2.40. The molecule has 0 saturated carbocycles. The number of hydrogen-bond donors (Lipinski definition) is 2. The van der Waals surface area contributed by atoms with E-state index in [1.807, 2.05) is 12.1 Å². The van der Waals surface area contributed by atoms with Gasteiger partial charge in [0.2, 0.25) is 0 Å². The third kappa shape index (κ3) is 5.31. The Labute approximate surface area is 177 Å². The van der Waals surface area contributed by atoms with E-state index in [0.717, 1.165) is 48.0 Å². The quantitative estimate of drug-likeness (QED) is 0.726. The number of carbonyl (C=O) groups is 2. The van der Waals surface area contributed by atoms with E-state index in [2.05, 4.69) is 28.3 Å². The summed E-state index contributed by atoms with van der Waals surface area (Å²) in [6, 6.07) is 9.53. The summed E-state index contributed by atoms with van der Waals surface area (Å²) in [7, 11) is 2.14. The average molecular weight is 431 g/mol. The van der Waals surface area contributed by atoms with Crippen molar-refractivity contribution in [1.29, 1.82) is 0 Å². The molecule has 3 heterocycles. The van der Waals surface area contributed by atoms with Gasteiger partial charge in [0.1, 0.15) is 5.82 Å². The van der Waals surface area contributed by atoms with Gasteiger partial charge in [-0.15, -0.1) is 11.3 Å². The Kier molecular flexibility index (Phi) is 6.96. The molecule has 1 aromatic carbocycles. The molecule has 1 saturated heterocycles. The molecule has 0 spiro atoms. The Morgan fingerprint density at radius 2 is 1.93 bits per heavy atom. The van der Waals surface area contributed by atoms with Gasteiger partial charge in [0.05, 0.1) is 23.2 Å². The molecule has 30 heavy (non-hydrogen) atoms. The molecule has 1 unspecified atom stereocenters. The van der Waals surface area contributed by atoms with Crippen LogP contribution in [0.15, 0.2) is 52.9 Å². The minimum Gasteiger partial charge on any atom is -0.478 e. The topological polar surface area (TPSA) is 93.4 Å². The van der Waals surface area contributed by atoms with Crippen LogP contribution in [0.1, 0.15) is 10.4 Å². The highest BCUT2D eigenvalue weighted by Crippen LogP contribution is 2.31. The Morgan fingerprint density at radius 3 is 2.57 bits per heavy atom. The van der Waals surface area contributed by atoms with Crippen molar-refractivity contribution in [2.45, 2.75) is 6.04 Å². The number of nitrogens with zero attached hydrogens (tertiary/aromatic N) is 3. The van der Waals surface area contributed by atoms with Crippen LogP contribution in [0.4, 0.5) is 10.1 Å². The number of anilines is 1. The monoisotopic (exact) mass is 431 g/mol. The number of halogens is 1. The van der Waals surface area contributed by atoms with Gasteiger partial charge < -0.3 is 20.0 Å². The molecule has 2 aromatic rings. The van der Waals surface area contributed by atoms with Gasteiger partial charge in [0, 0.05) is 43.0 Å². The van der Waals surface area contributed by atoms with Gasteiger partial charge in [-0.2, -0.15) is 0 Å². The fraction of sp³-hybridized carbons (Fsp3) is 0.286. The summed E-state index contributed by atoms with van der Waals surface area (Å²) in [5, 5.41) is 17.7. The molecule has 2 N–H and O–H groups in total. The van der Waals surface area contributed by atoms with Crippen molar-refractivity contribution in [3.05, 3.63) is 64.1 Å². The van der Waals surface area contributed by atoms with Crippen LogP contribution in [-0.2, 0) is 9.59 Å². The predicted octanol–water partition coefficient (Wildman–Crippen LogP) is 2.57. The van der Waals surface area contributed by atoms with Gasteiger partial charge in [0.25, 0.3) is 0 Å². The molecule has 1 atom stereocenters. The maximum atomic E-state index is 13.9. The number of fused-ring (bicyclic) bond motifs is 3. The summed E-state index contributed by atoms with van der Waals surface area (Å²) in [6.45, 7) is 3.65. The number of hydrogen-bond acceptors (Lipinski definition) is 6. The number of rotatable bonds is 3. The molecule has 158 valence electrons. The maximum Gasteiger partial charge on any atom is 0.328 e. The SMILES string of the molecule is CN1CCN2c3cc(F)ccc3C(c3cccs3)=NCC2C1.O=C(O)/C=C\C(=O)O. The van der Waals surface area contributed by atoms with Crippen LogP contribution in [0.25, 0.3) is 0 Å². The first-order chi connectivity index (χ1) is 14.3. The lowest BCUT2D eigenvalue weighted by molar-refractivity contribution is -0.134. The van der Waals surface area contributed by atoms with Crippen LogP contribution in [0.2, 0.25) is 0 Å². The van der Waals surface area contributed by atoms with E-state index < -0.39 is 11.9 Å². The van der Waals surface area contributed by atoms with Gasteiger partial charge in [-0.3, -0.25) is 4.99 Å². The van der Waals surface area contributed by atoms with Crippen LogP contribution in [0, 0.1) is 5.82 Å². The number of benzene rings is 1. The number of aliphatic imine (C=N–C) groups is 1. The van der Waals surface area contributed by atoms with Gasteiger partial charge in [-0.1, -0.05) is 6.07 Å². The van der Waals surface area contributed by atoms with E-state index in [4.69, 9.17) is 15.2 Å². The molecule has 0 radical (unpaired) electrons. The molecule has 0 amide bonds. The molecule has 7 nitrogen and oxygen atoms in total. The summed E-state index contributed by atoms with van der Waals surface area (Å²) in [5.74, 6) is -2.69. The summed E-state index contributed by atoms with van der Waals surface area (Å²) in [6.07, 6.45) is 1.12. The first kappa shape index (κ1) is 21.7. The minimum absolute atomic E-state index is 0.177. The molecular weight excluding hydrogens is 409 g/mol. The second-order valence-corrected chi connectivity index (χ2v) is 7.90. The zero-order valence-corrected chi connectivity index (χ0v) is 17.2.